The fourth-order valence-electron chi connectivity index (χ4n) is 1.93. The van der Waals surface area contributed by atoms with Gasteiger partial charge in [0.15, 0.2) is 0 Å². The van der Waals surface area contributed by atoms with E-state index in [1.807, 2.05) is 31.2 Å². The van der Waals surface area contributed by atoms with E-state index in [0.717, 1.165) is 29.3 Å². The van der Waals surface area contributed by atoms with Crippen molar-refractivity contribution in [1.29, 1.82) is 5.26 Å². The predicted molar refractivity (Wildman–Crippen MR) is 83.7 cm³/mol. The van der Waals surface area contributed by atoms with Gasteiger partial charge in [0.05, 0.1) is 11.1 Å². The van der Waals surface area contributed by atoms with Gasteiger partial charge in [-0.05, 0) is 38.4 Å². The van der Waals surface area contributed by atoms with E-state index in [1.165, 1.54) is 0 Å². The maximum atomic E-state index is 9.33. The number of hydrogen-bond acceptors (Lipinski definition) is 3. The highest BCUT2D eigenvalue weighted by molar-refractivity contribution is 8.00. The Bertz CT molecular complexity index is 444. The van der Waals surface area contributed by atoms with Crippen molar-refractivity contribution in [3.8, 4) is 6.07 Å². The van der Waals surface area contributed by atoms with Crippen LogP contribution < -0.4 is 5.32 Å². The van der Waals surface area contributed by atoms with Gasteiger partial charge in [-0.1, -0.05) is 37.6 Å². The second kappa shape index (κ2) is 7.79. The van der Waals surface area contributed by atoms with Gasteiger partial charge in [-0.3, -0.25) is 5.32 Å². The zero-order valence-electron chi connectivity index (χ0n) is 11.7. The van der Waals surface area contributed by atoms with Crippen molar-refractivity contribution in [3.05, 3.63) is 29.3 Å². The molecule has 1 N–H and O–H groups in total. The van der Waals surface area contributed by atoms with Gasteiger partial charge in [0.1, 0.15) is 5.54 Å². The fraction of sp³-hybridized carbons (Fsp3) is 0.533. The standard InChI is InChI=1S/C15H21ClN2S/c1-4-9-18-15(3,11-17)10-12(2)19-14-8-6-5-7-13(14)16/h5-8,12,18H,4,9-10H2,1-3H3. The minimum atomic E-state index is -0.469. The van der Waals surface area contributed by atoms with Crippen LogP contribution in [0.2, 0.25) is 5.02 Å². The molecule has 0 aromatic heterocycles. The third kappa shape index (κ3) is 5.44. The lowest BCUT2D eigenvalue weighted by atomic mass is 9.98. The first-order valence-electron chi connectivity index (χ1n) is 6.58. The van der Waals surface area contributed by atoms with Crippen LogP contribution in [0.1, 0.15) is 33.6 Å². The van der Waals surface area contributed by atoms with Crippen LogP contribution in [0.4, 0.5) is 0 Å². The molecule has 0 aliphatic carbocycles. The Kier molecular flexibility index (Phi) is 6.71. The number of rotatable bonds is 7. The summed E-state index contributed by atoms with van der Waals surface area (Å²) in [5, 5.41) is 13.8. The highest BCUT2D eigenvalue weighted by Gasteiger charge is 2.26. The zero-order valence-corrected chi connectivity index (χ0v) is 13.3. The molecule has 0 bridgehead atoms. The highest BCUT2D eigenvalue weighted by Crippen LogP contribution is 2.33. The summed E-state index contributed by atoms with van der Waals surface area (Å²) in [5.41, 5.74) is -0.469. The molecular formula is C15H21ClN2S. The lowest BCUT2D eigenvalue weighted by molar-refractivity contribution is 0.418. The molecule has 2 atom stereocenters. The number of nitrogens with zero attached hydrogens (tertiary/aromatic N) is 1. The molecule has 0 fully saturated rings. The molecule has 19 heavy (non-hydrogen) atoms. The van der Waals surface area contributed by atoms with Gasteiger partial charge >= 0.3 is 0 Å². The summed E-state index contributed by atoms with van der Waals surface area (Å²) < 4.78 is 0. The molecule has 0 saturated heterocycles. The van der Waals surface area contributed by atoms with Crippen molar-refractivity contribution in [2.75, 3.05) is 6.54 Å². The molecule has 2 nitrogen and oxygen atoms in total. The highest BCUT2D eigenvalue weighted by atomic mass is 35.5. The van der Waals surface area contributed by atoms with Crippen molar-refractivity contribution in [2.24, 2.45) is 0 Å². The SMILES string of the molecule is CCCNC(C)(C#N)CC(C)Sc1ccccc1Cl. The molecule has 0 amide bonds. The molecule has 0 spiro atoms. The van der Waals surface area contributed by atoms with Crippen molar-refractivity contribution >= 4 is 23.4 Å². The molecule has 1 rings (SSSR count). The molecule has 1 aromatic rings. The van der Waals surface area contributed by atoms with Gasteiger partial charge in [0.25, 0.3) is 0 Å². The molecule has 0 radical (unpaired) electrons. The van der Waals surface area contributed by atoms with Crippen molar-refractivity contribution < 1.29 is 0 Å². The van der Waals surface area contributed by atoms with Crippen LogP contribution >= 0.6 is 23.4 Å². The summed E-state index contributed by atoms with van der Waals surface area (Å²) in [6.07, 6.45) is 1.82. The molecular weight excluding hydrogens is 276 g/mol. The van der Waals surface area contributed by atoms with Gasteiger partial charge < -0.3 is 0 Å². The minimum Gasteiger partial charge on any atom is -0.300 e. The molecule has 0 saturated carbocycles. The first-order valence-corrected chi connectivity index (χ1v) is 7.84. The topological polar surface area (TPSA) is 35.8 Å². The summed E-state index contributed by atoms with van der Waals surface area (Å²) in [4.78, 5) is 1.08. The second-order valence-corrected chi connectivity index (χ2v) is 6.82. The first-order chi connectivity index (χ1) is 9.00. The number of benzene rings is 1. The Hall–Kier alpha value is -0.690. The van der Waals surface area contributed by atoms with Crippen LogP contribution in [-0.2, 0) is 0 Å². The molecule has 2 unspecified atom stereocenters. The summed E-state index contributed by atoms with van der Waals surface area (Å²) in [6, 6.07) is 10.2. The average Bonchev–Trinajstić information content (AvgIpc) is 2.39. The predicted octanol–water partition coefficient (Wildman–Crippen LogP) is 4.49. The van der Waals surface area contributed by atoms with Gasteiger partial charge in [0, 0.05) is 10.1 Å². The van der Waals surface area contributed by atoms with Crippen molar-refractivity contribution in [2.45, 2.75) is 49.3 Å². The Morgan fingerprint density at radius 3 is 2.74 bits per heavy atom. The number of nitrogens with one attached hydrogen (secondary N) is 1. The summed E-state index contributed by atoms with van der Waals surface area (Å²) >= 11 is 7.88. The van der Waals surface area contributed by atoms with Crippen LogP contribution in [0, 0.1) is 11.3 Å². The number of thioether (sulfide) groups is 1. The van der Waals surface area contributed by atoms with Crippen LogP contribution in [-0.4, -0.2) is 17.3 Å². The van der Waals surface area contributed by atoms with Gasteiger partial charge in [-0.25, -0.2) is 0 Å². The lowest BCUT2D eigenvalue weighted by Crippen LogP contribution is -2.43. The van der Waals surface area contributed by atoms with E-state index in [1.54, 1.807) is 11.8 Å². The van der Waals surface area contributed by atoms with E-state index >= 15 is 0 Å². The van der Waals surface area contributed by atoms with E-state index < -0.39 is 5.54 Å². The number of nitriles is 1. The van der Waals surface area contributed by atoms with E-state index in [2.05, 4.69) is 25.2 Å². The number of hydrogen-bond donors (Lipinski definition) is 1. The Labute approximate surface area is 125 Å². The zero-order chi connectivity index (χ0) is 14.3. The van der Waals surface area contributed by atoms with Crippen LogP contribution in [0.3, 0.4) is 0 Å². The maximum absolute atomic E-state index is 9.33. The van der Waals surface area contributed by atoms with E-state index in [0.29, 0.717) is 5.25 Å². The van der Waals surface area contributed by atoms with Gasteiger partial charge in [-0.15, -0.1) is 11.8 Å². The third-order valence-electron chi connectivity index (χ3n) is 2.87. The molecule has 4 heteroatoms. The van der Waals surface area contributed by atoms with Crippen molar-refractivity contribution in [1.82, 2.24) is 5.32 Å². The Balaban J connectivity index is 2.61. The molecule has 104 valence electrons. The first kappa shape index (κ1) is 16.4. The Morgan fingerprint density at radius 1 is 1.47 bits per heavy atom. The lowest BCUT2D eigenvalue weighted by Gasteiger charge is -2.26. The van der Waals surface area contributed by atoms with Gasteiger partial charge in [-0.2, -0.15) is 5.26 Å². The maximum Gasteiger partial charge on any atom is 0.104 e. The summed E-state index contributed by atoms with van der Waals surface area (Å²) in [6.45, 7) is 7.07. The summed E-state index contributed by atoms with van der Waals surface area (Å²) in [7, 11) is 0. The third-order valence-corrected chi connectivity index (χ3v) is 4.49. The van der Waals surface area contributed by atoms with E-state index in [-0.39, 0.29) is 0 Å². The van der Waals surface area contributed by atoms with E-state index in [9.17, 15) is 5.26 Å². The largest absolute Gasteiger partial charge is 0.300 e. The second-order valence-electron chi connectivity index (χ2n) is 4.93. The monoisotopic (exact) mass is 296 g/mol. The Morgan fingerprint density at radius 2 is 2.16 bits per heavy atom. The van der Waals surface area contributed by atoms with Crippen molar-refractivity contribution in [3.63, 3.8) is 0 Å². The van der Waals surface area contributed by atoms with Gasteiger partial charge in [0.2, 0.25) is 0 Å². The molecule has 0 heterocycles. The average molecular weight is 297 g/mol. The molecule has 1 aromatic carbocycles. The fourth-order valence-corrected chi connectivity index (χ4v) is 3.39. The quantitative estimate of drug-likeness (QED) is 0.753. The molecule has 0 aliphatic heterocycles. The van der Waals surface area contributed by atoms with Crippen LogP contribution in [0.25, 0.3) is 0 Å². The van der Waals surface area contributed by atoms with Crippen LogP contribution in [0.5, 0.6) is 0 Å². The number of halogens is 1. The van der Waals surface area contributed by atoms with Crippen LogP contribution in [0.15, 0.2) is 29.2 Å². The summed E-state index contributed by atoms with van der Waals surface area (Å²) in [5.74, 6) is 0. The van der Waals surface area contributed by atoms with E-state index in [4.69, 9.17) is 11.6 Å². The molecule has 0 aliphatic rings. The minimum absolute atomic E-state index is 0.328. The smallest absolute Gasteiger partial charge is 0.104 e. The normalized spacial score (nSPS) is 15.5.